The van der Waals surface area contributed by atoms with Gasteiger partial charge in [0, 0.05) is 17.8 Å². The standard InChI is InChI=1S/C21H19FN2O4S/c1-13-2-9-19(20(25)23-13)24-11-15-4-3-14(10-18(15)21(24)26)12-29(27,28)17-7-5-16(22)6-8-17/h3-8,10,19H,1-2,9,11-12H2,(H,23,25). The molecule has 2 amide bonds. The van der Waals surface area contributed by atoms with Crippen LogP contribution in [0.3, 0.4) is 0 Å². The van der Waals surface area contributed by atoms with Gasteiger partial charge in [-0.15, -0.1) is 0 Å². The number of sulfone groups is 1. The van der Waals surface area contributed by atoms with E-state index >= 15 is 0 Å². The third kappa shape index (κ3) is 3.67. The largest absolute Gasteiger partial charge is 0.329 e. The second-order valence-corrected chi connectivity index (χ2v) is 9.27. The summed E-state index contributed by atoms with van der Waals surface area (Å²) in [6, 6.07) is 9.04. The van der Waals surface area contributed by atoms with E-state index in [-0.39, 0.29) is 22.5 Å². The van der Waals surface area contributed by atoms with Gasteiger partial charge < -0.3 is 10.2 Å². The number of hydrogen-bond acceptors (Lipinski definition) is 4. The Morgan fingerprint density at radius 3 is 2.55 bits per heavy atom. The molecule has 29 heavy (non-hydrogen) atoms. The summed E-state index contributed by atoms with van der Waals surface area (Å²) in [5.74, 6) is -1.35. The van der Waals surface area contributed by atoms with E-state index in [1.807, 2.05) is 0 Å². The van der Waals surface area contributed by atoms with Crippen molar-refractivity contribution in [2.24, 2.45) is 0 Å². The monoisotopic (exact) mass is 414 g/mol. The third-order valence-electron chi connectivity index (χ3n) is 5.23. The molecule has 0 bridgehead atoms. The fraction of sp³-hybridized carbons (Fsp3) is 0.238. The molecule has 0 spiro atoms. The summed E-state index contributed by atoms with van der Waals surface area (Å²) in [6.07, 6.45) is 1.12. The maximum Gasteiger partial charge on any atom is 0.255 e. The molecular formula is C21H19FN2O4S. The predicted molar refractivity (Wildman–Crippen MR) is 104 cm³/mol. The lowest BCUT2D eigenvalue weighted by atomic mass is 10.0. The number of piperidine rings is 1. The van der Waals surface area contributed by atoms with Crippen molar-refractivity contribution in [3.05, 3.63) is 77.2 Å². The maximum absolute atomic E-state index is 13.1. The lowest BCUT2D eigenvalue weighted by Crippen LogP contribution is -2.49. The van der Waals surface area contributed by atoms with E-state index in [4.69, 9.17) is 0 Å². The molecule has 0 aliphatic carbocycles. The Balaban J connectivity index is 1.56. The quantitative estimate of drug-likeness (QED) is 0.780. The van der Waals surface area contributed by atoms with Crippen molar-refractivity contribution < 1.29 is 22.4 Å². The maximum atomic E-state index is 13.1. The summed E-state index contributed by atoms with van der Waals surface area (Å²) in [5.41, 5.74) is 2.28. The number of nitrogens with zero attached hydrogens (tertiary/aromatic N) is 1. The first-order valence-electron chi connectivity index (χ1n) is 9.14. The van der Waals surface area contributed by atoms with Gasteiger partial charge in [0.25, 0.3) is 5.91 Å². The Kier molecular flexibility index (Phi) is 4.74. The van der Waals surface area contributed by atoms with Gasteiger partial charge in [-0.05, 0) is 54.3 Å². The highest BCUT2D eigenvalue weighted by atomic mass is 32.2. The summed E-state index contributed by atoms with van der Waals surface area (Å²) in [5, 5.41) is 2.68. The Bertz CT molecular complexity index is 1130. The number of rotatable bonds is 4. The summed E-state index contributed by atoms with van der Waals surface area (Å²) >= 11 is 0. The van der Waals surface area contributed by atoms with E-state index in [1.54, 1.807) is 18.2 Å². The number of fused-ring (bicyclic) bond motifs is 1. The van der Waals surface area contributed by atoms with E-state index in [1.165, 1.54) is 17.0 Å². The van der Waals surface area contributed by atoms with Crippen molar-refractivity contribution in [2.75, 3.05) is 0 Å². The van der Waals surface area contributed by atoms with E-state index in [0.717, 1.165) is 17.7 Å². The van der Waals surface area contributed by atoms with Gasteiger partial charge in [0.1, 0.15) is 11.9 Å². The van der Waals surface area contributed by atoms with Crippen LogP contribution in [0.1, 0.15) is 34.3 Å². The zero-order chi connectivity index (χ0) is 20.8. The van der Waals surface area contributed by atoms with Crippen LogP contribution in [-0.2, 0) is 26.9 Å². The molecule has 2 aromatic carbocycles. The van der Waals surface area contributed by atoms with E-state index in [9.17, 15) is 22.4 Å². The van der Waals surface area contributed by atoms with Crippen LogP contribution in [0.25, 0.3) is 0 Å². The Morgan fingerprint density at radius 2 is 1.86 bits per heavy atom. The Morgan fingerprint density at radius 1 is 1.14 bits per heavy atom. The van der Waals surface area contributed by atoms with Crippen LogP contribution in [0.4, 0.5) is 4.39 Å². The number of allylic oxidation sites excluding steroid dienone is 1. The number of nitrogens with one attached hydrogen (secondary N) is 1. The molecule has 1 saturated heterocycles. The predicted octanol–water partition coefficient (Wildman–Crippen LogP) is 2.55. The number of amides is 2. The summed E-state index contributed by atoms with van der Waals surface area (Å²) < 4.78 is 38.3. The number of benzene rings is 2. The molecule has 0 aromatic heterocycles. The van der Waals surface area contributed by atoms with Crippen LogP contribution in [0.5, 0.6) is 0 Å². The topological polar surface area (TPSA) is 83.6 Å². The van der Waals surface area contributed by atoms with Gasteiger partial charge in [0.2, 0.25) is 5.91 Å². The molecule has 2 aromatic rings. The molecule has 150 valence electrons. The number of carbonyl (C=O) groups excluding carboxylic acids is 2. The van der Waals surface area contributed by atoms with Crippen molar-refractivity contribution in [3.8, 4) is 0 Å². The molecule has 6 nitrogen and oxygen atoms in total. The third-order valence-corrected chi connectivity index (χ3v) is 6.94. The van der Waals surface area contributed by atoms with E-state index in [2.05, 4.69) is 11.9 Å². The molecule has 2 aliphatic rings. The summed E-state index contributed by atoms with van der Waals surface area (Å²) in [6.45, 7) is 4.06. The van der Waals surface area contributed by atoms with Gasteiger partial charge in [-0.2, -0.15) is 0 Å². The molecule has 0 radical (unpaired) electrons. The summed E-state index contributed by atoms with van der Waals surface area (Å²) in [4.78, 5) is 26.7. The van der Waals surface area contributed by atoms with Crippen LogP contribution in [0.2, 0.25) is 0 Å². The van der Waals surface area contributed by atoms with Crippen molar-refractivity contribution in [2.45, 2.75) is 36.1 Å². The first-order valence-corrected chi connectivity index (χ1v) is 10.8. The fourth-order valence-corrected chi connectivity index (χ4v) is 5.05. The number of hydrogen-bond donors (Lipinski definition) is 1. The molecule has 1 fully saturated rings. The zero-order valence-electron chi connectivity index (χ0n) is 15.5. The van der Waals surface area contributed by atoms with E-state index in [0.29, 0.717) is 36.2 Å². The van der Waals surface area contributed by atoms with Crippen molar-refractivity contribution in [1.29, 1.82) is 0 Å². The first kappa shape index (κ1) is 19.3. The minimum atomic E-state index is -3.68. The zero-order valence-corrected chi connectivity index (χ0v) is 16.3. The van der Waals surface area contributed by atoms with Gasteiger partial charge >= 0.3 is 0 Å². The Labute approximate surface area is 167 Å². The minimum Gasteiger partial charge on any atom is -0.329 e. The average Bonchev–Trinajstić information content (AvgIpc) is 2.98. The van der Waals surface area contributed by atoms with Crippen LogP contribution in [-0.4, -0.2) is 31.2 Å². The molecular weight excluding hydrogens is 395 g/mol. The van der Waals surface area contributed by atoms with Crippen LogP contribution < -0.4 is 5.32 Å². The molecule has 1 unspecified atom stereocenters. The highest BCUT2D eigenvalue weighted by Crippen LogP contribution is 2.30. The summed E-state index contributed by atoms with van der Waals surface area (Å²) in [7, 11) is -3.68. The normalized spacial score (nSPS) is 19.3. The van der Waals surface area contributed by atoms with Crippen molar-refractivity contribution in [1.82, 2.24) is 10.2 Å². The second kappa shape index (κ2) is 7.11. The molecule has 1 atom stereocenters. The Hall–Kier alpha value is -3.00. The van der Waals surface area contributed by atoms with Gasteiger partial charge in [-0.25, -0.2) is 12.8 Å². The van der Waals surface area contributed by atoms with Crippen LogP contribution >= 0.6 is 0 Å². The molecule has 8 heteroatoms. The van der Waals surface area contributed by atoms with Gasteiger partial charge in [-0.1, -0.05) is 18.7 Å². The number of halogens is 1. The lowest BCUT2D eigenvalue weighted by molar-refractivity contribution is -0.126. The number of carbonyl (C=O) groups is 2. The first-order chi connectivity index (χ1) is 13.7. The van der Waals surface area contributed by atoms with Gasteiger partial charge in [0.05, 0.1) is 10.6 Å². The van der Waals surface area contributed by atoms with Crippen LogP contribution in [0.15, 0.2) is 59.6 Å². The molecule has 0 saturated carbocycles. The van der Waals surface area contributed by atoms with Crippen molar-refractivity contribution in [3.63, 3.8) is 0 Å². The van der Waals surface area contributed by atoms with Crippen LogP contribution in [0, 0.1) is 5.82 Å². The van der Waals surface area contributed by atoms with Gasteiger partial charge in [-0.3, -0.25) is 9.59 Å². The highest BCUT2D eigenvalue weighted by molar-refractivity contribution is 7.90. The van der Waals surface area contributed by atoms with Gasteiger partial charge in [0.15, 0.2) is 9.84 Å². The lowest BCUT2D eigenvalue weighted by Gasteiger charge is -2.30. The molecule has 1 N–H and O–H groups in total. The highest BCUT2D eigenvalue weighted by Gasteiger charge is 2.38. The smallest absolute Gasteiger partial charge is 0.255 e. The SMILES string of the molecule is C=C1CCC(N2Cc3ccc(CS(=O)(=O)c4ccc(F)cc4)cc3C2=O)C(=O)N1. The molecule has 4 rings (SSSR count). The molecule has 2 aliphatic heterocycles. The molecule has 2 heterocycles. The second-order valence-electron chi connectivity index (χ2n) is 7.28. The minimum absolute atomic E-state index is 0.0199. The van der Waals surface area contributed by atoms with E-state index < -0.39 is 21.7 Å². The fourth-order valence-electron chi connectivity index (χ4n) is 3.72. The van der Waals surface area contributed by atoms with Crippen molar-refractivity contribution >= 4 is 21.7 Å². The average molecular weight is 414 g/mol.